The van der Waals surface area contributed by atoms with E-state index in [0.29, 0.717) is 29.0 Å². The number of carbonyl (C=O) groups excluding carboxylic acids is 3. The maximum atomic E-state index is 13.6. The summed E-state index contributed by atoms with van der Waals surface area (Å²) < 4.78 is 14.0. The molecule has 0 atom stereocenters. The minimum absolute atomic E-state index is 0.0945. The number of fused-ring (bicyclic) bond motifs is 2. The second kappa shape index (κ2) is 11.6. The van der Waals surface area contributed by atoms with Crippen LogP contribution in [0.25, 0.3) is 16.6 Å². The zero-order valence-corrected chi connectivity index (χ0v) is 25.8. The highest BCUT2D eigenvalue weighted by Gasteiger charge is 2.31. The maximum Gasteiger partial charge on any atom is 0.410 e. The number of hydrogen-bond acceptors (Lipinski definition) is 8. The normalized spacial score (nSPS) is 14.3. The largest absolute Gasteiger partial charge is 0.465 e. The molecule has 1 aliphatic heterocycles. The molecule has 0 radical (unpaired) electrons. The number of benzene rings is 1. The Labute approximate surface area is 250 Å². The zero-order chi connectivity index (χ0) is 31.1. The van der Waals surface area contributed by atoms with Gasteiger partial charge < -0.3 is 29.0 Å². The summed E-state index contributed by atoms with van der Waals surface area (Å²) in [6.45, 7) is 11.5. The molecule has 0 unspecified atom stereocenters. The Kier molecular flexibility index (Phi) is 8.04. The summed E-state index contributed by atoms with van der Waals surface area (Å²) in [5.74, 6) is -0.892. The van der Waals surface area contributed by atoms with E-state index in [1.54, 1.807) is 33.6 Å². The first-order valence-corrected chi connectivity index (χ1v) is 14.5. The molecular formula is C31H39N7O5. The molecule has 1 aromatic carbocycles. The first-order valence-electron chi connectivity index (χ1n) is 14.5. The molecule has 3 aromatic heterocycles. The standard InChI is InChI=1S/C31H39N7O5/c1-8-38(30(41)43-31(3,4)5)21-11-13-36(14-12-21)25-10-9-22(26-24(25)18-35(6)34-26)28(39)33-20-15-23(29(40)42-7)27-32-19(2)16-37(27)17-20/h9-10,15-18,21H,8,11-14H2,1-7H3,(H,33,39). The lowest BCUT2D eigenvalue weighted by Gasteiger charge is -2.39. The topological polar surface area (TPSA) is 123 Å². The Morgan fingerprint density at radius 1 is 1.09 bits per heavy atom. The van der Waals surface area contributed by atoms with Gasteiger partial charge in [-0.2, -0.15) is 5.10 Å². The third-order valence-electron chi connectivity index (χ3n) is 7.56. The summed E-state index contributed by atoms with van der Waals surface area (Å²) in [7, 11) is 3.14. The summed E-state index contributed by atoms with van der Waals surface area (Å²) >= 11 is 0. The highest BCUT2D eigenvalue weighted by atomic mass is 16.6. The van der Waals surface area contributed by atoms with Crippen molar-refractivity contribution in [1.29, 1.82) is 0 Å². The number of amides is 2. The highest BCUT2D eigenvalue weighted by Crippen LogP contribution is 2.32. The van der Waals surface area contributed by atoms with Gasteiger partial charge in [0.2, 0.25) is 0 Å². The van der Waals surface area contributed by atoms with Gasteiger partial charge in [-0.05, 0) is 65.7 Å². The van der Waals surface area contributed by atoms with Gasteiger partial charge in [-0.25, -0.2) is 14.6 Å². The minimum atomic E-state index is -0.542. The smallest absolute Gasteiger partial charge is 0.410 e. The number of esters is 1. The van der Waals surface area contributed by atoms with Crippen LogP contribution in [0.5, 0.6) is 0 Å². The summed E-state index contributed by atoms with van der Waals surface area (Å²) in [5, 5.41) is 8.42. The average molecular weight is 590 g/mol. The molecule has 0 saturated carbocycles. The van der Waals surface area contributed by atoms with E-state index in [1.165, 1.54) is 7.11 Å². The van der Waals surface area contributed by atoms with Crippen molar-refractivity contribution in [2.24, 2.45) is 7.05 Å². The molecule has 1 N–H and O–H groups in total. The fraction of sp³-hybridized carbons (Fsp3) is 0.452. The monoisotopic (exact) mass is 589 g/mol. The average Bonchev–Trinajstić information content (AvgIpc) is 3.52. The van der Waals surface area contributed by atoms with Gasteiger partial charge in [-0.3, -0.25) is 9.48 Å². The van der Waals surface area contributed by atoms with E-state index in [9.17, 15) is 14.4 Å². The molecule has 5 rings (SSSR count). The first kappa shape index (κ1) is 29.9. The fourth-order valence-electron chi connectivity index (χ4n) is 5.69. The van der Waals surface area contributed by atoms with Gasteiger partial charge in [-0.15, -0.1) is 0 Å². The lowest BCUT2D eigenvalue weighted by Crippen LogP contribution is -2.48. The van der Waals surface area contributed by atoms with E-state index in [4.69, 9.17) is 9.47 Å². The Bertz CT molecular complexity index is 1690. The molecule has 4 heterocycles. The van der Waals surface area contributed by atoms with Gasteiger partial charge >= 0.3 is 12.1 Å². The van der Waals surface area contributed by atoms with Crippen LogP contribution in [0.15, 0.2) is 36.8 Å². The quantitative estimate of drug-likeness (QED) is 0.319. The first-order chi connectivity index (χ1) is 20.4. The number of pyridine rings is 1. The van der Waals surface area contributed by atoms with Crippen LogP contribution >= 0.6 is 0 Å². The number of aromatic nitrogens is 4. The minimum Gasteiger partial charge on any atom is -0.465 e. The van der Waals surface area contributed by atoms with Crippen molar-refractivity contribution in [2.75, 3.05) is 37.0 Å². The number of hydrogen-bond donors (Lipinski definition) is 1. The lowest BCUT2D eigenvalue weighted by atomic mass is 10.0. The van der Waals surface area contributed by atoms with Crippen molar-refractivity contribution < 1.29 is 23.9 Å². The van der Waals surface area contributed by atoms with Crippen molar-refractivity contribution in [3.63, 3.8) is 0 Å². The Morgan fingerprint density at radius 3 is 2.47 bits per heavy atom. The van der Waals surface area contributed by atoms with Gasteiger partial charge in [0.05, 0.1) is 24.1 Å². The van der Waals surface area contributed by atoms with Gasteiger partial charge in [0.25, 0.3) is 5.91 Å². The molecule has 0 aliphatic carbocycles. The molecule has 1 aliphatic rings. The molecule has 2 amide bonds. The van der Waals surface area contributed by atoms with Crippen molar-refractivity contribution >= 4 is 45.9 Å². The molecule has 4 aromatic rings. The maximum absolute atomic E-state index is 13.6. The van der Waals surface area contributed by atoms with Crippen LogP contribution in [0, 0.1) is 6.92 Å². The molecule has 228 valence electrons. The Balaban J connectivity index is 1.37. The van der Waals surface area contributed by atoms with E-state index in [-0.39, 0.29) is 23.6 Å². The molecule has 0 spiro atoms. The van der Waals surface area contributed by atoms with Crippen LogP contribution in [0.3, 0.4) is 0 Å². The number of imidazole rings is 1. The van der Waals surface area contributed by atoms with Gasteiger partial charge in [0.15, 0.2) is 5.65 Å². The number of nitrogens with zero attached hydrogens (tertiary/aromatic N) is 6. The molecule has 12 heteroatoms. The van der Waals surface area contributed by atoms with Crippen LogP contribution in [0.2, 0.25) is 0 Å². The van der Waals surface area contributed by atoms with E-state index >= 15 is 0 Å². The second-order valence-corrected chi connectivity index (χ2v) is 11.9. The van der Waals surface area contributed by atoms with E-state index < -0.39 is 11.6 Å². The van der Waals surface area contributed by atoms with Crippen molar-refractivity contribution in [2.45, 2.75) is 59.1 Å². The third-order valence-corrected chi connectivity index (χ3v) is 7.56. The van der Waals surface area contributed by atoms with Crippen molar-refractivity contribution in [3.8, 4) is 0 Å². The third kappa shape index (κ3) is 6.13. The van der Waals surface area contributed by atoms with E-state index in [0.717, 1.165) is 42.7 Å². The second-order valence-electron chi connectivity index (χ2n) is 11.9. The number of anilines is 2. The van der Waals surface area contributed by atoms with Crippen molar-refractivity contribution in [1.82, 2.24) is 24.1 Å². The Morgan fingerprint density at radius 2 is 1.81 bits per heavy atom. The fourth-order valence-corrected chi connectivity index (χ4v) is 5.69. The zero-order valence-electron chi connectivity index (χ0n) is 25.8. The molecule has 12 nitrogen and oxygen atoms in total. The molecule has 1 saturated heterocycles. The van der Waals surface area contributed by atoms with E-state index in [1.807, 2.05) is 58.8 Å². The summed E-state index contributed by atoms with van der Waals surface area (Å²) in [6, 6.07) is 5.40. The molecule has 1 fully saturated rings. The van der Waals surface area contributed by atoms with Crippen LogP contribution in [-0.2, 0) is 16.5 Å². The number of nitrogens with one attached hydrogen (secondary N) is 1. The number of aryl methyl sites for hydroxylation is 2. The predicted octanol–water partition coefficient (Wildman–Crippen LogP) is 4.79. The summed E-state index contributed by atoms with van der Waals surface area (Å²) in [6.07, 6.45) is 6.73. The van der Waals surface area contributed by atoms with Gasteiger partial charge in [0, 0.05) is 62.4 Å². The van der Waals surface area contributed by atoms with E-state index in [2.05, 4.69) is 20.3 Å². The number of piperidine rings is 1. The predicted molar refractivity (Wildman–Crippen MR) is 164 cm³/mol. The van der Waals surface area contributed by atoms with Gasteiger partial charge in [-0.1, -0.05) is 0 Å². The van der Waals surface area contributed by atoms with Crippen LogP contribution in [0.4, 0.5) is 16.2 Å². The summed E-state index contributed by atoms with van der Waals surface area (Å²) in [5.41, 5.74) is 3.31. The van der Waals surface area contributed by atoms with Gasteiger partial charge in [0.1, 0.15) is 16.7 Å². The number of rotatable bonds is 6. The number of carbonyl (C=O) groups is 3. The molecule has 0 bridgehead atoms. The lowest BCUT2D eigenvalue weighted by molar-refractivity contribution is 0.0149. The SMILES string of the molecule is CCN(C(=O)OC(C)(C)C)C1CCN(c2ccc(C(=O)Nc3cc(C(=O)OC)c4nc(C)cn4c3)c3nn(C)cc23)CC1. The van der Waals surface area contributed by atoms with Crippen LogP contribution in [0.1, 0.15) is 66.9 Å². The van der Waals surface area contributed by atoms with Crippen LogP contribution in [-0.4, -0.2) is 80.4 Å². The number of methoxy groups -OCH3 is 1. The summed E-state index contributed by atoms with van der Waals surface area (Å²) in [4.78, 5) is 47.3. The number of ether oxygens (including phenoxy) is 2. The van der Waals surface area contributed by atoms with Crippen LogP contribution < -0.4 is 10.2 Å². The Hall–Kier alpha value is -4.61. The van der Waals surface area contributed by atoms with Crippen molar-refractivity contribution in [3.05, 3.63) is 53.6 Å². The molecule has 43 heavy (non-hydrogen) atoms. The molecular weight excluding hydrogens is 550 g/mol. The highest BCUT2D eigenvalue weighted by molar-refractivity contribution is 6.14.